The maximum absolute atomic E-state index is 12.9. The van der Waals surface area contributed by atoms with E-state index >= 15 is 0 Å². The van der Waals surface area contributed by atoms with Gasteiger partial charge in [0.25, 0.3) is 0 Å². The van der Waals surface area contributed by atoms with Gasteiger partial charge in [-0.2, -0.15) is 0 Å². The van der Waals surface area contributed by atoms with E-state index in [-0.39, 0.29) is 31.1 Å². The van der Waals surface area contributed by atoms with Crippen LogP contribution in [0.5, 0.6) is 0 Å². The second kappa shape index (κ2) is 63.4. The molecule has 0 aliphatic carbocycles. The van der Waals surface area contributed by atoms with Crippen LogP contribution in [-0.2, 0) is 28.6 Å². The molecule has 0 spiro atoms. The zero-order chi connectivity index (χ0) is 54.3. The van der Waals surface area contributed by atoms with Crippen LogP contribution in [0.1, 0.15) is 329 Å². The summed E-state index contributed by atoms with van der Waals surface area (Å²) in [7, 11) is 0. The predicted molar refractivity (Wildman–Crippen MR) is 325 cm³/mol. The van der Waals surface area contributed by atoms with Crippen molar-refractivity contribution >= 4 is 17.9 Å². The number of hydrogen-bond acceptors (Lipinski definition) is 6. The molecule has 6 heteroatoms. The molecule has 434 valence electrons. The molecule has 0 radical (unpaired) electrons. The van der Waals surface area contributed by atoms with Gasteiger partial charge in [-0.15, -0.1) is 0 Å². The van der Waals surface area contributed by atoms with Crippen molar-refractivity contribution < 1.29 is 28.6 Å². The molecule has 0 rings (SSSR count). The Hall–Kier alpha value is -3.15. The molecule has 0 aromatic rings. The van der Waals surface area contributed by atoms with Gasteiger partial charge in [-0.3, -0.25) is 14.4 Å². The third kappa shape index (κ3) is 61.6. The second-order valence-electron chi connectivity index (χ2n) is 21.6. The van der Waals surface area contributed by atoms with Gasteiger partial charge in [-0.1, -0.05) is 293 Å². The minimum Gasteiger partial charge on any atom is -0.462 e. The van der Waals surface area contributed by atoms with Crippen molar-refractivity contribution in [1.82, 2.24) is 0 Å². The van der Waals surface area contributed by atoms with E-state index in [1.807, 2.05) is 0 Å². The van der Waals surface area contributed by atoms with Crippen LogP contribution in [0.2, 0.25) is 0 Å². The van der Waals surface area contributed by atoms with Gasteiger partial charge in [0.1, 0.15) is 13.2 Å². The summed E-state index contributed by atoms with van der Waals surface area (Å²) >= 11 is 0. The monoisotopic (exact) mass is 1050 g/mol. The molecule has 0 fully saturated rings. The molecule has 0 amide bonds. The number of rotatable bonds is 59. The lowest BCUT2D eigenvalue weighted by Gasteiger charge is -2.18. The van der Waals surface area contributed by atoms with E-state index in [1.165, 1.54) is 186 Å². The van der Waals surface area contributed by atoms with Gasteiger partial charge in [0, 0.05) is 19.3 Å². The van der Waals surface area contributed by atoms with E-state index in [9.17, 15) is 14.4 Å². The molecule has 0 aromatic carbocycles. The van der Waals surface area contributed by atoms with Gasteiger partial charge in [0.15, 0.2) is 6.10 Å². The first-order valence-electron chi connectivity index (χ1n) is 32.4. The van der Waals surface area contributed by atoms with Crippen molar-refractivity contribution in [3.63, 3.8) is 0 Å². The highest BCUT2D eigenvalue weighted by molar-refractivity contribution is 5.71. The molecular formula is C69H122O6. The van der Waals surface area contributed by atoms with Crippen LogP contribution >= 0.6 is 0 Å². The Bertz CT molecular complexity index is 1390. The minimum absolute atomic E-state index is 0.0780. The lowest BCUT2D eigenvalue weighted by molar-refractivity contribution is -0.167. The molecule has 0 saturated carbocycles. The first-order valence-corrected chi connectivity index (χ1v) is 32.4. The van der Waals surface area contributed by atoms with Crippen molar-refractivity contribution in [2.75, 3.05) is 13.2 Å². The Balaban J connectivity index is 4.38. The van der Waals surface area contributed by atoms with Crippen molar-refractivity contribution in [1.29, 1.82) is 0 Å². The van der Waals surface area contributed by atoms with Gasteiger partial charge in [0.2, 0.25) is 0 Å². The Kier molecular flexibility index (Phi) is 60.7. The second-order valence-corrected chi connectivity index (χ2v) is 21.6. The zero-order valence-corrected chi connectivity index (χ0v) is 49.8. The Labute approximate surface area is 465 Å². The first kappa shape index (κ1) is 71.8. The topological polar surface area (TPSA) is 78.9 Å². The van der Waals surface area contributed by atoms with Crippen LogP contribution in [0.15, 0.2) is 72.9 Å². The summed E-state index contributed by atoms with van der Waals surface area (Å²) in [6, 6.07) is 0. The average molecular weight is 1050 g/mol. The fourth-order valence-corrected chi connectivity index (χ4v) is 9.35. The van der Waals surface area contributed by atoms with Crippen molar-refractivity contribution in [2.24, 2.45) is 0 Å². The lowest BCUT2D eigenvalue weighted by atomic mass is 10.0. The van der Waals surface area contributed by atoms with Gasteiger partial charge in [-0.05, 0) is 89.9 Å². The van der Waals surface area contributed by atoms with Gasteiger partial charge in [-0.25, -0.2) is 0 Å². The van der Waals surface area contributed by atoms with E-state index in [1.54, 1.807) is 0 Å². The smallest absolute Gasteiger partial charge is 0.306 e. The van der Waals surface area contributed by atoms with Crippen LogP contribution in [0, 0.1) is 0 Å². The SMILES string of the molecule is CC/C=C\C/C=C\C/C=C\C/C=C\CCCCCCCCCCC(=O)OCC(COC(=O)CCCCCCCCCCCCCCCCCCCC)OC(=O)CCCCCCCCC/C=C\C/C=C\CCCCCC. The molecule has 75 heavy (non-hydrogen) atoms. The summed E-state index contributed by atoms with van der Waals surface area (Å²) in [5, 5.41) is 0. The quantitative estimate of drug-likeness (QED) is 0.0261. The standard InChI is InChI=1S/C69H122O6/c1-4-7-10-13-16-19-22-25-28-31-34-35-36-39-41-44-47-50-53-56-59-62-68(71)74-65-66(75-69(72)63-60-57-54-51-48-45-42-38-33-30-27-24-21-18-15-12-9-6-3)64-73-67(70)61-58-55-52-49-46-43-40-37-32-29-26-23-20-17-14-11-8-5-2/h7,10,16,19,21,24-25,28,30,33-35,66H,4-6,8-9,11-15,17-18,20,22-23,26-27,29,31-32,36-65H2,1-3H3/b10-7-,19-16-,24-21-,28-25-,33-30-,35-34-. The van der Waals surface area contributed by atoms with Crippen molar-refractivity contribution in [3.05, 3.63) is 72.9 Å². The number of hydrogen-bond donors (Lipinski definition) is 0. The predicted octanol–water partition coefficient (Wildman–Crippen LogP) is 22.1. The number of carbonyl (C=O) groups is 3. The van der Waals surface area contributed by atoms with Gasteiger partial charge >= 0.3 is 17.9 Å². The normalized spacial score (nSPS) is 12.5. The highest BCUT2D eigenvalue weighted by atomic mass is 16.6. The summed E-state index contributed by atoms with van der Waals surface area (Å²) in [5.41, 5.74) is 0. The fraction of sp³-hybridized carbons (Fsp3) is 0.783. The zero-order valence-electron chi connectivity index (χ0n) is 49.8. The minimum atomic E-state index is -0.783. The van der Waals surface area contributed by atoms with E-state index in [0.717, 1.165) is 103 Å². The van der Waals surface area contributed by atoms with Gasteiger partial charge < -0.3 is 14.2 Å². The molecule has 0 heterocycles. The van der Waals surface area contributed by atoms with E-state index in [2.05, 4.69) is 93.7 Å². The Morgan fingerprint density at radius 1 is 0.280 bits per heavy atom. The van der Waals surface area contributed by atoms with Crippen molar-refractivity contribution in [2.45, 2.75) is 335 Å². The number of unbranched alkanes of at least 4 members (excludes halogenated alkanes) is 36. The van der Waals surface area contributed by atoms with Gasteiger partial charge in [0.05, 0.1) is 0 Å². The van der Waals surface area contributed by atoms with E-state index in [4.69, 9.17) is 14.2 Å². The summed E-state index contributed by atoms with van der Waals surface area (Å²) in [6.45, 7) is 6.55. The summed E-state index contributed by atoms with van der Waals surface area (Å²) in [5.74, 6) is -0.876. The molecule has 6 nitrogen and oxygen atoms in total. The van der Waals surface area contributed by atoms with E-state index < -0.39 is 6.10 Å². The first-order chi connectivity index (χ1) is 37.0. The van der Waals surface area contributed by atoms with Crippen LogP contribution in [0.3, 0.4) is 0 Å². The largest absolute Gasteiger partial charge is 0.462 e. The third-order valence-electron chi connectivity index (χ3n) is 14.2. The highest BCUT2D eigenvalue weighted by Crippen LogP contribution is 2.17. The number of esters is 3. The molecule has 0 bridgehead atoms. The third-order valence-corrected chi connectivity index (χ3v) is 14.2. The fourth-order valence-electron chi connectivity index (χ4n) is 9.35. The number of ether oxygens (including phenoxy) is 3. The molecule has 0 saturated heterocycles. The van der Waals surface area contributed by atoms with E-state index in [0.29, 0.717) is 19.3 Å². The molecular weight excluding hydrogens is 925 g/mol. The summed E-state index contributed by atoms with van der Waals surface area (Å²) in [6.07, 6.45) is 81.8. The van der Waals surface area contributed by atoms with Crippen LogP contribution < -0.4 is 0 Å². The maximum atomic E-state index is 12.9. The molecule has 0 aliphatic heterocycles. The Morgan fingerprint density at radius 3 is 0.827 bits per heavy atom. The maximum Gasteiger partial charge on any atom is 0.306 e. The Morgan fingerprint density at radius 2 is 0.520 bits per heavy atom. The molecule has 1 atom stereocenters. The highest BCUT2D eigenvalue weighted by Gasteiger charge is 2.19. The molecule has 1 unspecified atom stereocenters. The van der Waals surface area contributed by atoms with Crippen LogP contribution in [0.25, 0.3) is 0 Å². The average Bonchev–Trinajstić information content (AvgIpc) is 3.41. The van der Waals surface area contributed by atoms with Crippen LogP contribution in [0.4, 0.5) is 0 Å². The lowest BCUT2D eigenvalue weighted by Crippen LogP contribution is -2.30. The molecule has 0 aromatic heterocycles. The molecule has 0 aliphatic rings. The summed E-state index contributed by atoms with van der Waals surface area (Å²) < 4.78 is 17.0. The molecule has 0 N–H and O–H groups in total. The van der Waals surface area contributed by atoms with Crippen LogP contribution in [-0.4, -0.2) is 37.2 Å². The van der Waals surface area contributed by atoms with Crippen molar-refractivity contribution in [3.8, 4) is 0 Å². The summed E-state index contributed by atoms with van der Waals surface area (Å²) in [4.78, 5) is 38.4. The number of carbonyl (C=O) groups excluding carboxylic acids is 3. The number of allylic oxidation sites excluding steroid dienone is 12.